The molecule has 0 N–H and O–H groups in total. The molecule has 0 radical (unpaired) electrons. The molecule has 0 fully saturated rings. The number of ether oxygens (including phenoxy) is 1. The number of rotatable bonds is 2. The van der Waals surface area contributed by atoms with Crippen LogP contribution in [0.4, 0.5) is 0 Å². The minimum atomic E-state index is 0.144. The number of fused-ring (bicyclic) bond motifs is 1. The molecule has 2 heterocycles. The SMILES string of the molecule is ClCc1nc(C2COc3ccccc3C2)no1. The summed E-state index contributed by atoms with van der Waals surface area (Å²) in [5, 5.41) is 3.93. The van der Waals surface area contributed by atoms with Crippen LogP contribution < -0.4 is 4.74 Å². The molecule has 1 atom stereocenters. The van der Waals surface area contributed by atoms with Crippen LogP contribution in [0.25, 0.3) is 0 Å². The first kappa shape index (κ1) is 10.6. The van der Waals surface area contributed by atoms with E-state index in [9.17, 15) is 0 Å². The zero-order chi connectivity index (χ0) is 11.7. The molecular weight excluding hydrogens is 240 g/mol. The van der Waals surface area contributed by atoms with Gasteiger partial charge in [0, 0.05) is 0 Å². The molecule has 1 aliphatic rings. The van der Waals surface area contributed by atoms with Crippen LogP contribution in [0.3, 0.4) is 0 Å². The van der Waals surface area contributed by atoms with Crippen LogP contribution in [0.1, 0.15) is 23.2 Å². The van der Waals surface area contributed by atoms with Gasteiger partial charge in [-0.3, -0.25) is 0 Å². The summed E-state index contributed by atoms with van der Waals surface area (Å²) in [6, 6.07) is 8.01. The fourth-order valence-corrected chi connectivity index (χ4v) is 2.09. The van der Waals surface area contributed by atoms with Gasteiger partial charge in [-0.15, -0.1) is 11.6 Å². The lowest BCUT2D eigenvalue weighted by Crippen LogP contribution is -2.20. The van der Waals surface area contributed by atoms with E-state index < -0.39 is 0 Å². The number of alkyl halides is 1. The van der Waals surface area contributed by atoms with Crippen LogP contribution in [-0.2, 0) is 12.3 Å². The average molecular weight is 251 g/mol. The van der Waals surface area contributed by atoms with Gasteiger partial charge in [0.2, 0.25) is 5.89 Å². The van der Waals surface area contributed by atoms with Gasteiger partial charge in [-0.1, -0.05) is 23.4 Å². The third kappa shape index (κ3) is 2.00. The summed E-state index contributed by atoms with van der Waals surface area (Å²) in [7, 11) is 0. The van der Waals surface area contributed by atoms with Crippen molar-refractivity contribution in [2.75, 3.05) is 6.61 Å². The van der Waals surface area contributed by atoms with Gasteiger partial charge in [0.15, 0.2) is 5.82 Å². The Morgan fingerprint density at radius 3 is 3.06 bits per heavy atom. The fraction of sp³-hybridized carbons (Fsp3) is 0.333. The normalized spacial score (nSPS) is 18.5. The van der Waals surface area contributed by atoms with E-state index in [-0.39, 0.29) is 11.8 Å². The average Bonchev–Trinajstić information content (AvgIpc) is 2.87. The van der Waals surface area contributed by atoms with Crippen molar-refractivity contribution in [3.8, 4) is 5.75 Å². The summed E-state index contributed by atoms with van der Waals surface area (Å²) < 4.78 is 10.7. The summed E-state index contributed by atoms with van der Waals surface area (Å²) >= 11 is 5.63. The van der Waals surface area contributed by atoms with E-state index in [0.717, 1.165) is 12.2 Å². The fourth-order valence-electron chi connectivity index (χ4n) is 1.98. The zero-order valence-corrected chi connectivity index (χ0v) is 9.85. The van der Waals surface area contributed by atoms with Crippen LogP contribution in [0, 0.1) is 0 Å². The third-order valence-corrected chi connectivity index (χ3v) is 3.07. The first-order chi connectivity index (χ1) is 8.36. The Kier molecular flexibility index (Phi) is 2.73. The number of nitrogens with zero attached hydrogens (tertiary/aromatic N) is 2. The molecule has 0 aliphatic carbocycles. The van der Waals surface area contributed by atoms with E-state index in [4.69, 9.17) is 20.9 Å². The van der Waals surface area contributed by atoms with Crippen molar-refractivity contribution in [2.45, 2.75) is 18.2 Å². The molecule has 0 amide bonds. The predicted octanol–water partition coefficient (Wildman–Crippen LogP) is 2.53. The minimum absolute atomic E-state index is 0.144. The highest BCUT2D eigenvalue weighted by Gasteiger charge is 2.25. The van der Waals surface area contributed by atoms with E-state index in [1.807, 2.05) is 18.2 Å². The third-order valence-electron chi connectivity index (χ3n) is 2.84. The molecule has 3 rings (SSSR count). The Labute approximate surface area is 104 Å². The number of aromatic nitrogens is 2. The largest absolute Gasteiger partial charge is 0.493 e. The maximum atomic E-state index is 5.68. The van der Waals surface area contributed by atoms with E-state index in [0.29, 0.717) is 18.3 Å². The van der Waals surface area contributed by atoms with E-state index in [2.05, 4.69) is 16.2 Å². The van der Waals surface area contributed by atoms with Gasteiger partial charge in [0.05, 0.1) is 12.5 Å². The van der Waals surface area contributed by atoms with E-state index >= 15 is 0 Å². The molecule has 1 unspecified atom stereocenters. The Hall–Kier alpha value is -1.55. The van der Waals surface area contributed by atoms with Crippen molar-refractivity contribution in [3.05, 3.63) is 41.5 Å². The lowest BCUT2D eigenvalue weighted by molar-refractivity contribution is 0.254. The summed E-state index contributed by atoms with van der Waals surface area (Å²) in [5.41, 5.74) is 1.18. The summed E-state index contributed by atoms with van der Waals surface area (Å²) in [6.45, 7) is 0.582. The van der Waals surface area contributed by atoms with Gasteiger partial charge in [-0.2, -0.15) is 4.98 Å². The minimum Gasteiger partial charge on any atom is -0.493 e. The lowest BCUT2D eigenvalue weighted by atomic mass is 9.96. The van der Waals surface area contributed by atoms with Crippen LogP contribution >= 0.6 is 11.6 Å². The molecule has 1 aromatic heterocycles. The molecule has 0 saturated carbocycles. The van der Waals surface area contributed by atoms with Crippen molar-refractivity contribution >= 4 is 11.6 Å². The van der Waals surface area contributed by atoms with Gasteiger partial charge < -0.3 is 9.26 Å². The molecule has 88 valence electrons. The highest BCUT2D eigenvalue weighted by atomic mass is 35.5. The second kappa shape index (κ2) is 4.37. The Bertz CT molecular complexity index is 527. The highest BCUT2D eigenvalue weighted by molar-refractivity contribution is 6.16. The quantitative estimate of drug-likeness (QED) is 0.769. The molecule has 1 aliphatic heterocycles. The zero-order valence-electron chi connectivity index (χ0n) is 9.10. The summed E-state index contributed by atoms with van der Waals surface area (Å²) in [4.78, 5) is 4.24. The van der Waals surface area contributed by atoms with Gasteiger partial charge in [-0.05, 0) is 18.1 Å². The van der Waals surface area contributed by atoms with E-state index in [1.54, 1.807) is 0 Å². The van der Waals surface area contributed by atoms with Crippen LogP contribution in [-0.4, -0.2) is 16.7 Å². The van der Waals surface area contributed by atoms with Crippen molar-refractivity contribution in [1.82, 2.24) is 10.1 Å². The molecule has 1 aromatic carbocycles. The maximum absolute atomic E-state index is 5.68. The topological polar surface area (TPSA) is 48.2 Å². The summed E-state index contributed by atoms with van der Waals surface area (Å²) in [6.07, 6.45) is 0.872. The first-order valence-corrected chi connectivity index (χ1v) is 5.99. The van der Waals surface area contributed by atoms with Gasteiger partial charge >= 0.3 is 0 Å². The van der Waals surface area contributed by atoms with Crippen molar-refractivity contribution in [3.63, 3.8) is 0 Å². The Morgan fingerprint density at radius 1 is 1.35 bits per heavy atom. The van der Waals surface area contributed by atoms with Crippen LogP contribution in [0.2, 0.25) is 0 Å². The molecular formula is C12H11ClN2O2. The molecule has 0 spiro atoms. The molecule has 5 heteroatoms. The van der Waals surface area contributed by atoms with E-state index in [1.165, 1.54) is 5.56 Å². The van der Waals surface area contributed by atoms with Crippen LogP contribution in [0.5, 0.6) is 5.75 Å². The Balaban J connectivity index is 1.84. The molecule has 17 heavy (non-hydrogen) atoms. The second-order valence-electron chi connectivity index (χ2n) is 4.00. The smallest absolute Gasteiger partial charge is 0.241 e. The van der Waals surface area contributed by atoms with Crippen molar-refractivity contribution < 1.29 is 9.26 Å². The van der Waals surface area contributed by atoms with Gasteiger partial charge in [0.25, 0.3) is 0 Å². The van der Waals surface area contributed by atoms with Crippen molar-refractivity contribution in [2.24, 2.45) is 0 Å². The monoisotopic (exact) mass is 250 g/mol. The second-order valence-corrected chi connectivity index (χ2v) is 4.27. The maximum Gasteiger partial charge on any atom is 0.241 e. The van der Waals surface area contributed by atoms with Crippen molar-refractivity contribution in [1.29, 1.82) is 0 Å². The molecule has 0 bridgehead atoms. The Morgan fingerprint density at radius 2 is 2.24 bits per heavy atom. The molecule has 0 saturated heterocycles. The predicted molar refractivity (Wildman–Crippen MR) is 62.2 cm³/mol. The molecule has 4 nitrogen and oxygen atoms in total. The number of hydrogen-bond acceptors (Lipinski definition) is 4. The number of hydrogen-bond donors (Lipinski definition) is 0. The number of halogens is 1. The number of para-hydroxylation sites is 1. The summed E-state index contributed by atoms with van der Waals surface area (Å²) in [5.74, 6) is 2.48. The van der Waals surface area contributed by atoms with Gasteiger partial charge in [-0.25, -0.2) is 0 Å². The van der Waals surface area contributed by atoms with Crippen LogP contribution in [0.15, 0.2) is 28.8 Å². The number of benzene rings is 1. The standard InChI is InChI=1S/C12H11ClN2O2/c13-6-11-14-12(15-17-11)9-5-8-3-1-2-4-10(8)16-7-9/h1-4,9H,5-7H2. The molecule has 2 aromatic rings. The van der Waals surface area contributed by atoms with Gasteiger partial charge in [0.1, 0.15) is 11.6 Å². The first-order valence-electron chi connectivity index (χ1n) is 5.46. The highest BCUT2D eigenvalue weighted by Crippen LogP contribution is 2.30. The lowest BCUT2D eigenvalue weighted by Gasteiger charge is -2.22.